The van der Waals surface area contributed by atoms with Crippen molar-refractivity contribution in [3.05, 3.63) is 89.6 Å². The van der Waals surface area contributed by atoms with Crippen molar-refractivity contribution in [2.24, 2.45) is 0 Å². The Labute approximate surface area is 177 Å². The van der Waals surface area contributed by atoms with Gasteiger partial charge in [0, 0.05) is 18.5 Å². The molecule has 0 saturated heterocycles. The van der Waals surface area contributed by atoms with Crippen LogP contribution in [-0.2, 0) is 16.4 Å². The standard InChI is InChI=1S/C21H18F2N2O3S2/c22-18-9-8-15(13-19(18)23)14-25-20(26)17-7-4-10-24-21(17)29-11-12-30(27,28)16-5-2-1-3-6-16/h1-10,13H,11-12,14H2,(H,25,26). The number of halogens is 2. The van der Waals surface area contributed by atoms with Crippen LogP contribution in [0.5, 0.6) is 0 Å². The Hall–Kier alpha value is -2.78. The normalized spacial score (nSPS) is 11.3. The van der Waals surface area contributed by atoms with Gasteiger partial charge >= 0.3 is 0 Å². The summed E-state index contributed by atoms with van der Waals surface area (Å²) in [5, 5.41) is 3.03. The molecule has 0 bridgehead atoms. The number of pyridine rings is 1. The first kappa shape index (κ1) is 21.9. The van der Waals surface area contributed by atoms with Crippen molar-refractivity contribution in [1.82, 2.24) is 10.3 Å². The van der Waals surface area contributed by atoms with Crippen LogP contribution in [0.2, 0.25) is 0 Å². The van der Waals surface area contributed by atoms with Crippen molar-refractivity contribution in [2.75, 3.05) is 11.5 Å². The molecule has 0 aliphatic carbocycles. The van der Waals surface area contributed by atoms with Crippen molar-refractivity contribution < 1.29 is 22.0 Å². The highest BCUT2D eigenvalue weighted by atomic mass is 32.2. The summed E-state index contributed by atoms with van der Waals surface area (Å²) in [6, 6.07) is 14.7. The molecule has 9 heteroatoms. The largest absolute Gasteiger partial charge is 0.348 e. The lowest BCUT2D eigenvalue weighted by Gasteiger charge is -2.10. The zero-order chi connectivity index (χ0) is 21.6. The van der Waals surface area contributed by atoms with Gasteiger partial charge in [-0.1, -0.05) is 24.3 Å². The van der Waals surface area contributed by atoms with Gasteiger partial charge < -0.3 is 5.32 Å². The Morgan fingerprint density at radius 3 is 2.50 bits per heavy atom. The molecule has 0 fully saturated rings. The van der Waals surface area contributed by atoms with Gasteiger partial charge in [-0.2, -0.15) is 0 Å². The third-order valence-electron chi connectivity index (χ3n) is 4.15. The molecule has 0 atom stereocenters. The minimum atomic E-state index is -3.43. The highest BCUT2D eigenvalue weighted by Crippen LogP contribution is 2.22. The second-order valence-corrected chi connectivity index (χ2v) is 9.46. The molecule has 0 aliphatic heterocycles. The van der Waals surface area contributed by atoms with E-state index in [0.29, 0.717) is 10.6 Å². The van der Waals surface area contributed by atoms with Crippen LogP contribution >= 0.6 is 11.8 Å². The quantitative estimate of drug-likeness (QED) is 0.530. The molecule has 0 radical (unpaired) electrons. The van der Waals surface area contributed by atoms with E-state index >= 15 is 0 Å². The van der Waals surface area contributed by atoms with E-state index in [0.717, 1.165) is 23.9 Å². The maximum absolute atomic E-state index is 13.3. The number of nitrogens with zero attached hydrogens (tertiary/aromatic N) is 1. The van der Waals surface area contributed by atoms with E-state index < -0.39 is 27.4 Å². The highest BCUT2D eigenvalue weighted by Gasteiger charge is 2.17. The Kier molecular flexibility index (Phi) is 7.17. The van der Waals surface area contributed by atoms with Gasteiger partial charge in [0.1, 0.15) is 5.03 Å². The highest BCUT2D eigenvalue weighted by molar-refractivity contribution is 8.00. The van der Waals surface area contributed by atoms with Crippen molar-refractivity contribution in [3.8, 4) is 0 Å². The lowest BCUT2D eigenvalue weighted by molar-refractivity contribution is 0.0947. The molecule has 1 N–H and O–H groups in total. The monoisotopic (exact) mass is 448 g/mol. The molecular weight excluding hydrogens is 430 g/mol. The van der Waals surface area contributed by atoms with Gasteiger partial charge in [0.2, 0.25) is 0 Å². The number of carbonyl (C=O) groups is 1. The second kappa shape index (κ2) is 9.82. The van der Waals surface area contributed by atoms with E-state index in [1.807, 2.05) is 0 Å². The molecule has 156 valence electrons. The first-order chi connectivity index (χ1) is 14.4. The third-order valence-corrected chi connectivity index (χ3v) is 7.14. The lowest BCUT2D eigenvalue weighted by atomic mass is 10.2. The molecular formula is C21H18F2N2O3S2. The number of thioether (sulfide) groups is 1. The van der Waals surface area contributed by atoms with Crippen molar-refractivity contribution in [3.63, 3.8) is 0 Å². The van der Waals surface area contributed by atoms with E-state index in [2.05, 4.69) is 10.3 Å². The van der Waals surface area contributed by atoms with Crippen LogP contribution in [-0.4, -0.2) is 30.8 Å². The molecule has 1 heterocycles. The fourth-order valence-electron chi connectivity index (χ4n) is 2.60. The fourth-order valence-corrected chi connectivity index (χ4v) is 5.26. The maximum atomic E-state index is 13.3. The summed E-state index contributed by atoms with van der Waals surface area (Å²) >= 11 is 1.16. The summed E-state index contributed by atoms with van der Waals surface area (Å²) < 4.78 is 51.1. The van der Waals surface area contributed by atoms with Gasteiger partial charge in [-0.05, 0) is 42.0 Å². The molecule has 0 aliphatic rings. The number of sulfone groups is 1. The first-order valence-corrected chi connectivity index (χ1v) is 11.6. The van der Waals surface area contributed by atoms with Crippen LogP contribution in [0.1, 0.15) is 15.9 Å². The lowest BCUT2D eigenvalue weighted by Crippen LogP contribution is -2.24. The number of carbonyl (C=O) groups excluding carboxylic acids is 1. The molecule has 1 amide bonds. The molecule has 0 spiro atoms. The molecule has 3 rings (SSSR count). The number of aromatic nitrogens is 1. The first-order valence-electron chi connectivity index (χ1n) is 8.94. The van der Waals surface area contributed by atoms with Gasteiger partial charge in [-0.25, -0.2) is 22.2 Å². The summed E-state index contributed by atoms with van der Waals surface area (Å²) in [7, 11) is -3.43. The smallest absolute Gasteiger partial charge is 0.254 e. The molecule has 5 nitrogen and oxygen atoms in total. The van der Waals surface area contributed by atoms with E-state index in [-0.39, 0.29) is 28.5 Å². The maximum Gasteiger partial charge on any atom is 0.254 e. The summed E-state index contributed by atoms with van der Waals surface area (Å²) in [6.45, 7) is 0.0113. The van der Waals surface area contributed by atoms with Crippen LogP contribution in [0.15, 0.2) is 76.8 Å². The predicted molar refractivity (Wildman–Crippen MR) is 111 cm³/mol. The van der Waals surface area contributed by atoms with E-state index in [1.54, 1.807) is 30.3 Å². The Morgan fingerprint density at radius 1 is 1.00 bits per heavy atom. The van der Waals surface area contributed by atoms with Crippen molar-refractivity contribution >= 4 is 27.5 Å². The summed E-state index contributed by atoms with van der Waals surface area (Å²) in [4.78, 5) is 16.9. The average molecular weight is 449 g/mol. The van der Waals surface area contributed by atoms with Crippen LogP contribution in [0, 0.1) is 11.6 Å². The van der Waals surface area contributed by atoms with Crippen LogP contribution in [0.3, 0.4) is 0 Å². The number of rotatable bonds is 8. The number of nitrogens with one attached hydrogen (secondary N) is 1. The minimum absolute atomic E-state index is 0.0113. The van der Waals surface area contributed by atoms with Gasteiger partial charge in [0.15, 0.2) is 21.5 Å². The molecule has 30 heavy (non-hydrogen) atoms. The Morgan fingerprint density at radius 2 is 1.77 bits per heavy atom. The van der Waals surface area contributed by atoms with E-state index in [9.17, 15) is 22.0 Å². The summed E-state index contributed by atoms with van der Waals surface area (Å²) in [5.41, 5.74) is 0.691. The van der Waals surface area contributed by atoms with Crippen molar-refractivity contribution in [1.29, 1.82) is 0 Å². The average Bonchev–Trinajstić information content (AvgIpc) is 2.75. The summed E-state index contributed by atoms with van der Waals surface area (Å²) in [5.74, 6) is -2.27. The molecule has 2 aromatic carbocycles. The fraction of sp³-hybridized carbons (Fsp3) is 0.143. The number of amides is 1. The topological polar surface area (TPSA) is 76.1 Å². The molecule has 3 aromatic rings. The van der Waals surface area contributed by atoms with Crippen LogP contribution in [0.25, 0.3) is 0 Å². The third kappa shape index (κ3) is 5.64. The van der Waals surface area contributed by atoms with Crippen LogP contribution in [0.4, 0.5) is 8.78 Å². The zero-order valence-electron chi connectivity index (χ0n) is 15.7. The predicted octanol–water partition coefficient (Wildman–Crippen LogP) is 3.86. The molecule has 1 aromatic heterocycles. The van der Waals surface area contributed by atoms with Gasteiger partial charge in [0.05, 0.1) is 16.2 Å². The molecule has 0 saturated carbocycles. The summed E-state index contributed by atoms with van der Waals surface area (Å²) in [6.07, 6.45) is 1.51. The second-order valence-electron chi connectivity index (χ2n) is 6.27. The number of hydrogen-bond donors (Lipinski definition) is 1. The number of benzene rings is 2. The molecule has 0 unspecified atom stereocenters. The SMILES string of the molecule is O=C(NCc1ccc(F)c(F)c1)c1cccnc1SCCS(=O)(=O)c1ccccc1. The van der Waals surface area contributed by atoms with Crippen molar-refractivity contribution in [2.45, 2.75) is 16.5 Å². The number of hydrogen-bond acceptors (Lipinski definition) is 5. The Bertz CT molecular complexity index is 1140. The van der Waals surface area contributed by atoms with E-state index in [1.165, 1.54) is 24.4 Å². The zero-order valence-corrected chi connectivity index (χ0v) is 17.3. The van der Waals surface area contributed by atoms with Crippen LogP contribution < -0.4 is 5.32 Å². The van der Waals surface area contributed by atoms with Gasteiger partial charge in [0.25, 0.3) is 5.91 Å². The van der Waals surface area contributed by atoms with E-state index in [4.69, 9.17) is 0 Å². The van der Waals surface area contributed by atoms with Gasteiger partial charge in [-0.3, -0.25) is 4.79 Å². The van der Waals surface area contributed by atoms with Gasteiger partial charge in [-0.15, -0.1) is 11.8 Å². The Balaban J connectivity index is 1.62. The minimum Gasteiger partial charge on any atom is -0.348 e.